The second-order valence-corrected chi connectivity index (χ2v) is 6.48. The molecule has 0 aliphatic heterocycles. The lowest BCUT2D eigenvalue weighted by Gasteiger charge is -2.29. The Bertz CT molecular complexity index is 615. The summed E-state index contributed by atoms with van der Waals surface area (Å²) in [6.45, 7) is 2.36. The highest BCUT2D eigenvalue weighted by Gasteiger charge is 2.42. The second-order valence-electron chi connectivity index (χ2n) is 6.48. The van der Waals surface area contributed by atoms with Crippen LogP contribution in [-0.2, 0) is 0 Å². The minimum absolute atomic E-state index is 0.559. The molecule has 2 aliphatic rings. The maximum absolute atomic E-state index is 5.83. The Kier molecular flexibility index (Phi) is 2.38. The van der Waals surface area contributed by atoms with Crippen molar-refractivity contribution in [3.8, 4) is 0 Å². The molecule has 3 heteroatoms. The zero-order chi connectivity index (χ0) is 13.0. The van der Waals surface area contributed by atoms with Gasteiger partial charge in [-0.1, -0.05) is 6.42 Å². The molecule has 4 atom stereocenters. The largest absolute Gasteiger partial charge is 0.399 e. The number of nitrogen functional groups attached to an aromatic ring is 1. The van der Waals surface area contributed by atoms with Crippen molar-refractivity contribution in [2.24, 2.45) is 17.8 Å². The molecule has 100 valence electrons. The standard InChI is InChI=1S/C16H21N3/c1-10(14-7-11-2-3-12(14)6-11)19-9-18-15-8-13(17)4-5-16(15)19/h4-5,8-12,14H,2-3,6-7,17H2,1H3. The summed E-state index contributed by atoms with van der Waals surface area (Å²) >= 11 is 0. The number of benzene rings is 1. The van der Waals surface area contributed by atoms with Crippen LogP contribution < -0.4 is 5.73 Å². The number of anilines is 1. The zero-order valence-electron chi connectivity index (χ0n) is 11.4. The number of aromatic nitrogens is 2. The molecule has 3 nitrogen and oxygen atoms in total. The van der Waals surface area contributed by atoms with Gasteiger partial charge in [0.15, 0.2) is 0 Å². The first-order valence-corrected chi connectivity index (χ1v) is 7.44. The van der Waals surface area contributed by atoms with Gasteiger partial charge in [-0.05, 0) is 62.1 Å². The molecule has 2 bridgehead atoms. The van der Waals surface area contributed by atoms with Crippen molar-refractivity contribution in [1.82, 2.24) is 9.55 Å². The lowest BCUT2D eigenvalue weighted by molar-refractivity contribution is 0.246. The van der Waals surface area contributed by atoms with Crippen LogP contribution in [0.4, 0.5) is 5.69 Å². The molecule has 0 saturated heterocycles. The third-order valence-electron chi connectivity index (χ3n) is 5.45. The summed E-state index contributed by atoms with van der Waals surface area (Å²) in [6, 6.07) is 6.62. The van der Waals surface area contributed by atoms with Crippen molar-refractivity contribution in [1.29, 1.82) is 0 Å². The average molecular weight is 255 g/mol. The van der Waals surface area contributed by atoms with E-state index in [0.29, 0.717) is 6.04 Å². The average Bonchev–Trinajstić information content (AvgIpc) is 3.11. The normalized spacial score (nSPS) is 31.1. The van der Waals surface area contributed by atoms with Crippen molar-refractivity contribution in [3.05, 3.63) is 24.5 Å². The van der Waals surface area contributed by atoms with E-state index >= 15 is 0 Å². The number of rotatable bonds is 2. The quantitative estimate of drug-likeness (QED) is 0.833. The van der Waals surface area contributed by atoms with E-state index in [1.165, 1.54) is 31.2 Å². The van der Waals surface area contributed by atoms with E-state index in [9.17, 15) is 0 Å². The fourth-order valence-corrected chi connectivity index (χ4v) is 4.46. The number of nitrogens with two attached hydrogens (primary N) is 1. The van der Waals surface area contributed by atoms with E-state index in [0.717, 1.165) is 29.0 Å². The molecule has 1 aromatic heterocycles. The van der Waals surface area contributed by atoms with E-state index in [2.05, 4.69) is 22.5 Å². The number of fused-ring (bicyclic) bond motifs is 3. The van der Waals surface area contributed by atoms with Crippen molar-refractivity contribution in [2.45, 2.75) is 38.6 Å². The maximum Gasteiger partial charge on any atom is 0.0960 e. The Morgan fingerprint density at radius 2 is 2.21 bits per heavy atom. The van der Waals surface area contributed by atoms with Gasteiger partial charge in [-0.2, -0.15) is 0 Å². The summed E-state index contributed by atoms with van der Waals surface area (Å²) in [5, 5.41) is 0. The van der Waals surface area contributed by atoms with Gasteiger partial charge in [0.1, 0.15) is 0 Å². The maximum atomic E-state index is 5.83. The summed E-state index contributed by atoms with van der Waals surface area (Å²) in [6.07, 6.45) is 7.80. The minimum Gasteiger partial charge on any atom is -0.399 e. The Balaban J connectivity index is 1.70. The fraction of sp³-hybridized carbons (Fsp3) is 0.562. The van der Waals surface area contributed by atoms with Gasteiger partial charge in [0.25, 0.3) is 0 Å². The summed E-state index contributed by atoms with van der Waals surface area (Å²) in [5.41, 5.74) is 8.88. The van der Waals surface area contributed by atoms with Crippen LogP contribution in [0.15, 0.2) is 24.5 Å². The summed E-state index contributed by atoms with van der Waals surface area (Å²) in [4.78, 5) is 4.52. The molecule has 2 fully saturated rings. The Morgan fingerprint density at radius 1 is 1.32 bits per heavy atom. The van der Waals surface area contributed by atoms with E-state index in [1.807, 2.05) is 18.5 Å². The number of nitrogens with zero attached hydrogens (tertiary/aromatic N) is 2. The summed E-state index contributed by atoms with van der Waals surface area (Å²) in [5.74, 6) is 2.79. The third kappa shape index (κ3) is 1.67. The molecule has 2 aromatic rings. The monoisotopic (exact) mass is 255 g/mol. The molecule has 19 heavy (non-hydrogen) atoms. The first-order chi connectivity index (χ1) is 9.22. The van der Waals surface area contributed by atoms with Gasteiger partial charge >= 0.3 is 0 Å². The third-order valence-corrected chi connectivity index (χ3v) is 5.45. The highest BCUT2D eigenvalue weighted by Crippen LogP contribution is 2.52. The van der Waals surface area contributed by atoms with Crippen molar-refractivity contribution in [2.75, 3.05) is 5.73 Å². The van der Waals surface area contributed by atoms with Gasteiger partial charge in [-0.25, -0.2) is 4.98 Å². The molecule has 4 rings (SSSR count). The lowest BCUT2D eigenvalue weighted by atomic mass is 9.84. The molecule has 4 unspecified atom stereocenters. The van der Waals surface area contributed by atoms with Crippen LogP contribution in [0.1, 0.15) is 38.6 Å². The molecule has 0 amide bonds. The summed E-state index contributed by atoms with van der Waals surface area (Å²) in [7, 11) is 0. The van der Waals surface area contributed by atoms with Crippen molar-refractivity contribution in [3.63, 3.8) is 0 Å². The van der Waals surface area contributed by atoms with Gasteiger partial charge in [0.2, 0.25) is 0 Å². The highest BCUT2D eigenvalue weighted by atomic mass is 15.1. The van der Waals surface area contributed by atoms with Crippen molar-refractivity contribution >= 4 is 16.7 Å². The van der Waals surface area contributed by atoms with Gasteiger partial charge in [-0.3, -0.25) is 0 Å². The smallest absolute Gasteiger partial charge is 0.0960 e. The SMILES string of the molecule is CC(C1CC2CCC1C2)n1cnc2cc(N)ccc21. The Labute approximate surface area is 113 Å². The van der Waals surface area contributed by atoms with Gasteiger partial charge in [0, 0.05) is 11.7 Å². The van der Waals surface area contributed by atoms with E-state index in [1.54, 1.807) is 0 Å². The molecule has 1 aromatic carbocycles. The predicted molar refractivity (Wildman–Crippen MR) is 77.8 cm³/mol. The van der Waals surface area contributed by atoms with Crippen molar-refractivity contribution < 1.29 is 0 Å². The molecule has 0 radical (unpaired) electrons. The number of hydrogen-bond donors (Lipinski definition) is 1. The van der Waals surface area contributed by atoms with Crippen LogP contribution in [0.3, 0.4) is 0 Å². The first-order valence-electron chi connectivity index (χ1n) is 7.44. The number of hydrogen-bond acceptors (Lipinski definition) is 2. The molecular weight excluding hydrogens is 234 g/mol. The van der Waals surface area contributed by atoms with E-state index in [4.69, 9.17) is 5.73 Å². The number of imidazole rings is 1. The fourth-order valence-electron chi connectivity index (χ4n) is 4.46. The van der Waals surface area contributed by atoms with E-state index < -0.39 is 0 Å². The lowest BCUT2D eigenvalue weighted by Crippen LogP contribution is -2.21. The predicted octanol–water partition coefficient (Wildman–Crippen LogP) is 3.62. The van der Waals surface area contributed by atoms with Gasteiger partial charge in [0.05, 0.1) is 17.4 Å². The molecule has 2 N–H and O–H groups in total. The topological polar surface area (TPSA) is 43.8 Å². The summed E-state index contributed by atoms with van der Waals surface area (Å²) < 4.78 is 2.36. The van der Waals surface area contributed by atoms with Crippen LogP contribution in [0, 0.1) is 17.8 Å². The molecule has 2 aliphatic carbocycles. The van der Waals surface area contributed by atoms with Crippen LogP contribution >= 0.6 is 0 Å². The highest BCUT2D eigenvalue weighted by molar-refractivity contribution is 5.79. The van der Waals surface area contributed by atoms with E-state index in [-0.39, 0.29) is 0 Å². The Morgan fingerprint density at radius 3 is 2.95 bits per heavy atom. The van der Waals surface area contributed by atoms with Crippen LogP contribution in [0.25, 0.3) is 11.0 Å². The minimum atomic E-state index is 0.559. The van der Waals surface area contributed by atoms with Gasteiger partial charge in [-0.15, -0.1) is 0 Å². The van der Waals surface area contributed by atoms with Gasteiger partial charge < -0.3 is 10.3 Å². The van der Waals surface area contributed by atoms with Crippen LogP contribution in [0.2, 0.25) is 0 Å². The molecule has 0 spiro atoms. The molecule has 1 heterocycles. The molecular formula is C16H21N3. The van der Waals surface area contributed by atoms with Crippen LogP contribution in [-0.4, -0.2) is 9.55 Å². The molecule has 2 saturated carbocycles. The zero-order valence-corrected chi connectivity index (χ0v) is 11.4. The second kappa shape index (κ2) is 3.99. The first kappa shape index (κ1) is 11.3. The Hall–Kier alpha value is -1.51. The van der Waals surface area contributed by atoms with Crippen LogP contribution in [0.5, 0.6) is 0 Å².